The first-order valence-corrected chi connectivity index (χ1v) is 6.42. The Morgan fingerprint density at radius 3 is 2.89 bits per heavy atom. The van der Waals surface area contributed by atoms with Gasteiger partial charge in [0.2, 0.25) is 5.91 Å². The largest absolute Gasteiger partial charge is 0.375 e. The van der Waals surface area contributed by atoms with Crippen LogP contribution in [0.3, 0.4) is 0 Å². The second-order valence-electron chi connectivity index (χ2n) is 4.84. The van der Waals surface area contributed by atoms with Crippen LogP contribution in [0, 0.1) is 5.82 Å². The Hall–Kier alpha value is -1.68. The molecule has 0 radical (unpaired) electrons. The van der Waals surface area contributed by atoms with Crippen LogP contribution in [0.5, 0.6) is 0 Å². The third kappa shape index (κ3) is 3.41. The molecule has 4 heteroatoms. The van der Waals surface area contributed by atoms with Gasteiger partial charge < -0.3 is 9.64 Å². The van der Waals surface area contributed by atoms with Crippen LogP contribution >= 0.6 is 0 Å². The molecule has 0 N–H and O–H groups in total. The third-order valence-corrected chi connectivity index (χ3v) is 3.20. The molecule has 0 aliphatic carbocycles. The van der Waals surface area contributed by atoms with Crippen molar-refractivity contribution in [1.82, 2.24) is 4.90 Å². The number of nitrogens with zero attached hydrogens (tertiary/aromatic N) is 1. The maximum absolute atomic E-state index is 13.4. The van der Waals surface area contributed by atoms with Gasteiger partial charge in [0.15, 0.2) is 0 Å². The molecule has 1 aliphatic heterocycles. The molecule has 0 unspecified atom stereocenters. The van der Waals surface area contributed by atoms with E-state index in [-0.39, 0.29) is 23.9 Å². The minimum Gasteiger partial charge on any atom is -0.375 e. The smallest absolute Gasteiger partial charge is 0.246 e. The van der Waals surface area contributed by atoms with Crippen LogP contribution in [0.15, 0.2) is 30.3 Å². The van der Waals surface area contributed by atoms with Gasteiger partial charge in [-0.1, -0.05) is 18.2 Å². The van der Waals surface area contributed by atoms with Gasteiger partial charge in [0, 0.05) is 18.2 Å². The predicted molar refractivity (Wildman–Crippen MR) is 72.0 cm³/mol. The maximum Gasteiger partial charge on any atom is 0.246 e. The lowest BCUT2D eigenvalue weighted by atomic mass is 10.1. The minimum atomic E-state index is -0.324. The van der Waals surface area contributed by atoms with Crippen LogP contribution in [0.25, 0.3) is 6.08 Å². The molecule has 0 aromatic heterocycles. The van der Waals surface area contributed by atoms with E-state index in [9.17, 15) is 9.18 Å². The van der Waals surface area contributed by atoms with Crippen molar-refractivity contribution >= 4 is 12.0 Å². The lowest BCUT2D eigenvalue weighted by Crippen LogP contribution is -2.49. The Balaban J connectivity index is 2.06. The Morgan fingerprint density at radius 2 is 2.16 bits per heavy atom. The monoisotopic (exact) mass is 263 g/mol. The van der Waals surface area contributed by atoms with Gasteiger partial charge in [0.05, 0.1) is 18.8 Å². The minimum absolute atomic E-state index is 0.0435. The van der Waals surface area contributed by atoms with Crippen molar-refractivity contribution < 1.29 is 13.9 Å². The molecule has 1 aliphatic rings. The molecule has 1 amide bonds. The Bertz CT molecular complexity index is 487. The molecule has 19 heavy (non-hydrogen) atoms. The summed E-state index contributed by atoms with van der Waals surface area (Å²) in [6.07, 6.45) is 2.99. The summed E-state index contributed by atoms with van der Waals surface area (Å²) in [5, 5.41) is 0. The van der Waals surface area contributed by atoms with Crippen molar-refractivity contribution in [3.63, 3.8) is 0 Å². The lowest BCUT2D eigenvalue weighted by Gasteiger charge is -2.36. The molecule has 1 aromatic carbocycles. The average Bonchev–Trinajstić information content (AvgIpc) is 2.40. The van der Waals surface area contributed by atoms with Crippen molar-refractivity contribution in [3.8, 4) is 0 Å². The molecule has 1 heterocycles. The van der Waals surface area contributed by atoms with Gasteiger partial charge in [-0.05, 0) is 26.0 Å². The van der Waals surface area contributed by atoms with Crippen LogP contribution in [0.4, 0.5) is 4.39 Å². The molecule has 1 saturated heterocycles. The summed E-state index contributed by atoms with van der Waals surface area (Å²) in [4.78, 5) is 13.9. The van der Waals surface area contributed by atoms with Crippen molar-refractivity contribution in [2.75, 3.05) is 13.2 Å². The number of carbonyl (C=O) groups is 1. The van der Waals surface area contributed by atoms with Crippen molar-refractivity contribution in [2.45, 2.75) is 26.0 Å². The number of carbonyl (C=O) groups excluding carboxylic acids is 1. The van der Waals surface area contributed by atoms with E-state index in [1.807, 2.05) is 13.8 Å². The zero-order valence-corrected chi connectivity index (χ0v) is 11.2. The number of benzene rings is 1. The van der Waals surface area contributed by atoms with Crippen molar-refractivity contribution in [1.29, 1.82) is 0 Å². The van der Waals surface area contributed by atoms with E-state index in [1.54, 1.807) is 23.1 Å². The highest BCUT2D eigenvalue weighted by molar-refractivity contribution is 5.92. The highest BCUT2D eigenvalue weighted by atomic mass is 19.1. The van der Waals surface area contributed by atoms with E-state index in [4.69, 9.17) is 4.74 Å². The molecule has 2 atom stereocenters. The van der Waals surface area contributed by atoms with E-state index in [0.717, 1.165) is 0 Å². The highest BCUT2D eigenvalue weighted by Gasteiger charge is 2.25. The SMILES string of the molecule is C[C@@H]1CN(C(=O)/C=C\c2ccccc2F)[C@@H](C)CO1. The topological polar surface area (TPSA) is 29.5 Å². The van der Waals surface area contributed by atoms with Gasteiger partial charge in [-0.2, -0.15) is 0 Å². The molecule has 0 spiro atoms. The first kappa shape index (κ1) is 13.7. The Labute approximate surface area is 112 Å². The fourth-order valence-electron chi connectivity index (χ4n) is 2.08. The normalized spacial score (nSPS) is 23.8. The lowest BCUT2D eigenvalue weighted by molar-refractivity contribution is -0.137. The third-order valence-electron chi connectivity index (χ3n) is 3.20. The van der Waals surface area contributed by atoms with E-state index in [2.05, 4.69) is 0 Å². The molecule has 0 saturated carbocycles. The van der Waals surface area contributed by atoms with Gasteiger partial charge in [0.25, 0.3) is 0 Å². The number of morpholine rings is 1. The summed E-state index contributed by atoms with van der Waals surface area (Å²) in [6, 6.07) is 6.44. The molecular weight excluding hydrogens is 245 g/mol. The van der Waals surface area contributed by atoms with Gasteiger partial charge in [-0.15, -0.1) is 0 Å². The molecule has 102 valence electrons. The zero-order valence-electron chi connectivity index (χ0n) is 11.2. The summed E-state index contributed by atoms with van der Waals surface area (Å²) in [5.74, 6) is -0.430. The average molecular weight is 263 g/mol. The molecule has 3 nitrogen and oxygen atoms in total. The Kier molecular flexibility index (Phi) is 4.32. The summed E-state index contributed by atoms with van der Waals surface area (Å²) >= 11 is 0. The molecule has 1 fully saturated rings. The molecule has 2 rings (SSSR count). The van der Waals surface area contributed by atoms with E-state index < -0.39 is 0 Å². The number of halogens is 1. The summed E-state index contributed by atoms with van der Waals surface area (Å²) in [5.41, 5.74) is 0.421. The second-order valence-corrected chi connectivity index (χ2v) is 4.84. The maximum atomic E-state index is 13.4. The number of hydrogen-bond acceptors (Lipinski definition) is 2. The molecule has 0 bridgehead atoms. The fraction of sp³-hybridized carbons (Fsp3) is 0.400. The summed E-state index contributed by atoms with van der Waals surface area (Å²) in [7, 11) is 0. The summed E-state index contributed by atoms with van der Waals surface area (Å²) < 4.78 is 18.9. The van der Waals surface area contributed by atoms with Crippen LogP contribution in [0.1, 0.15) is 19.4 Å². The van der Waals surface area contributed by atoms with Crippen LogP contribution in [0.2, 0.25) is 0 Å². The van der Waals surface area contributed by atoms with Crippen molar-refractivity contribution in [2.24, 2.45) is 0 Å². The fourth-order valence-corrected chi connectivity index (χ4v) is 2.08. The van der Waals surface area contributed by atoms with E-state index in [0.29, 0.717) is 18.7 Å². The number of amides is 1. The van der Waals surface area contributed by atoms with Gasteiger partial charge in [-0.3, -0.25) is 4.79 Å². The van der Waals surface area contributed by atoms with Gasteiger partial charge in [0.1, 0.15) is 5.82 Å². The van der Waals surface area contributed by atoms with Gasteiger partial charge >= 0.3 is 0 Å². The highest BCUT2D eigenvalue weighted by Crippen LogP contribution is 2.13. The predicted octanol–water partition coefficient (Wildman–Crippen LogP) is 2.47. The molecular formula is C15H18FNO2. The van der Waals surface area contributed by atoms with E-state index in [1.165, 1.54) is 18.2 Å². The summed E-state index contributed by atoms with van der Waals surface area (Å²) in [6.45, 7) is 5.00. The standard InChI is InChI=1S/C15H18FNO2/c1-11-10-19-12(2)9-17(11)15(18)8-7-13-5-3-4-6-14(13)16/h3-8,11-12H,9-10H2,1-2H3/b8-7-/t11-,12+/m0/s1. The van der Waals surface area contributed by atoms with Crippen LogP contribution in [-0.4, -0.2) is 36.1 Å². The first-order valence-electron chi connectivity index (χ1n) is 6.42. The number of ether oxygens (including phenoxy) is 1. The zero-order chi connectivity index (χ0) is 13.8. The Morgan fingerprint density at radius 1 is 1.42 bits per heavy atom. The van der Waals surface area contributed by atoms with E-state index >= 15 is 0 Å². The molecule has 1 aromatic rings. The number of rotatable bonds is 2. The van der Waals surface area contributed by atoms with Gasteiger partial charge in [-0.25, -0.2) is 4.39 Å². The van der Waals surface area contributed by atoms with Crippen LogP contribution < -0.4 is 0 Å². The first-order chi connectivity index (χ1) is 9.08. The number of hydrogen-bond donors (Lipinski definition) is 0. The quantitative estimate of drug-likeness (QED) is 0.767. The van der Waals surface area contributed by atoms with Crippen LogP contribution in [-0.2, 0) is 9.53 Å². The second kappa shape index (κ2) is 5.97. The van der Waals surface area contributed by atoms with Crippen molar-refractivity contribution in [3.05, 3.63) is 41.7 Å².